The van der Waals surface area contributed by atoms with Crippen LogP contribution < -0.4 is 20.3 Å². The van der Waals surface area contributed by atoms with Crippen molar-refractivity contribution in [3.05, 3.63) is 71.3 Å². The lowest BCUT2D eigenvalue weighted by atomic mass is 9.96. The molecule has 5 rings (SSSR count). The van der Waals surface area contributed by atoms with Crippen molar-refractivity contribution in [2.45, 2.75) is 45.8 Å². The van der Waals surface area contributed by atoms with Crippen molar-refractivity contribution in [3.63, 3.8) is 0 Å². The predicted octanol–water partition coefficient (Wildman–Crippen LogP) is 4.37. The van der Waals surface area contributed by atoms with Gasteiger partial charge in [0.1, 0.15) is 5.75 Å². The minimum Gasteiger partial charge on any atom is -0.495 e. The Morgan fingerprint density at radius 1 is 1.18 bits per heavy atom. The zero-order valence-electron chi connectivity index (χ0n) is 23.6. The number of carbonyl (C=O) groups excluding carboxylic acids is 1. The van der Waals surface area contributed by atoms with Gasteiger partial charge in [-0.15, -0.1) is 0 Å². The summed E-state index contributed by atoms with van der Waals surface area (Å²) in [6, 6.07) is 13.7. The third-order valence-corrected chi connectivity index (χ3v) is 8.08. The smallest absolute Gasteiger partial charge is 0.221 e. The first kappa shape index (κ1) is 28.1. The van der Waals surface area contributed by atoms with Crippen LogP contribution >= 0.6 is 12.2 Å². The number of rotatable bonds is 9. The number of ether oxygens (including phenoxy) is 2. The summed E-state index contributed by atoms with van der Waals surface area (Å²) in [7, 11) is 1.59. The molecule has 0 aliphatic carbocycles. The summed E-state index contributed by atoms with van der Waals surface area (Å²) in [5.41, 5.74) is 6.03. The number of benzene rings is 1. The molecule has 0 radical (unpaired) electrons. The highest BCUT2D eigenvalue weighted by Crippen LogP contribution is 2.44. The fourth-order valence-corrected chi connectivity index (χ4v) is 6.18. The van der Waals surface area contributed by atoms with Gasteiger partial charge in [-0.1, -0.05) is 6.07 Å². The summed E-state index contributed by atoms with van der Waals surface area (Å²) in [6.07, 6.45) is 2.89. The van der Waals surface area contributed by atoms with Crippen molar-refractivity contribution >= 4 is 34.6 Å². The number of nitrogens with one attached hydrogen (secondary N) is 2. The van der Waals surface area contributed by atoms with E-state index in [1.54, 1.807) is 7.11 Å². The molecule has 2 atom stereocenters. The Balaban J connectivity index is 1.51. The predicted molar refractivity (Wildman–Crippen MR) is 161 cm³/mol. The minimum atomic E-state index is -0.166. The third kappa shape index (κ3) is 5.84. The van der Waals surface area contributed by atoms with Gasteiger partial charge in [0.05, 0.1) is 43.8 Å². The summed E-state index contributed by atoms with van der Waals surface area (Å²) in [4.78, 5) is 21.2. The summed E-state index contributed by atoms with van der Waals surface area (Å²) < 4.78 is 13.4. The van der Waals surface area contributed by atoms with E-state index in [0.29, 0.717) is 16.5 Å². The molecule has 4 heterocycles. The van der Waals surface area contributed by atoms with Crippen LogP contribution in [-0.2, 0) is 16.1 Å². The third-order valence-electron chi connectivity index (χ3n) is 7.76. The van der Waals surface area contributed by atoms with Crippen LogP contribution in [0.1, 0.15) is 48.1 Å². The quantitative estimate of drug-likeness (QED) is 0.372. The van der Waals surface area contributed by atoms with Gasteiger partial charge in [-0.2, -0.15) is 0 Å². The van der Waals surface area contributed by atoms with E-state index in [9.17, 15) is 4.79 Å². The summed E-state index contributed by atoms with van der Waals surface area (Å²) in [5.74, 6) is 0.425. The minimum absolute atomic E-state index is 0.139. The Hall–Kier alpha value is -3.47. The molecule has 1 aromatic carbocycles. The molecule has 10 heteroatoms. The molecule has 1 amide bonds. The maximum Gasteiger partial charge on any atom is 0.221 e. The van der Waals surface area contributed by atoms with Crippen LogP contribution in [0.3, 0.4) is 0 Å². The summed E-state index contributed by atoms with van der Waals surface area (Å²) >= 11 is 5.94. The van der Waals surface area contributed by atoms with Crippen LogP contribution in [0, 0.1) is 13.8 Å². The van der Waals surface area contributed by atoms with Crippen LogP contribution in [0.4, 0.5) is 11.4 Å². The van der Waals surface area contributed by atoms with Crippen molar-refractivity contribution in [2.24, 2.45) is 0 Å². The molecule has 40 heavy (non-hydrogen) atoms. The van der Waals surface area contributed by atoms with Gasteiger partial charge in [0, 0.05) is 56.4 Å². The molecule has 2 fully saturated rings. The maximum atomic E-state index is 11.9. The number of nitrogens with zero attached hydrogens (tertiary/aromatic N) is 4. The van der Waals surface area contributed by atoms with Gasteiger partial charge < -0.3 is 29.6 Å². The van der Waals surface area contributed by atoms with E-state index in [1.165, 1.54) is 23.9 Å². The van der Waals surface area contributed by atoms with E-state index in [-0.39, 0.29) is 18.0 Å². The number of carbonyl (C=O) groups is 1. The number of hydrogen-bond donors (Lipinski definition) is 2. The van der Waals surface area contributed by atoms with Crippen molar-refractivity contribution in [1.29, 1.82) is 0 Å². The average Bonchev–Trinajstić information content (AvgIpc) is 3.44. The van der Waals surface area contributed by atoms with Crippen molar-refractivity contribution in [2.75, 3.05) is 50.2 Å². The highest BCUT2D eigenvalue weighted by molar-refractivity contribution is 7.80. The van der Waals surface area contributed by atoms with E-state index < -0.39 is 0 Å². The van der Waals surface area contributed by atoms with Gasteiger partial charge in [-0.25, -0.2) is 0 Å². The highest BCUT2D eigenvalue weighted by Gasteiger charge is 2.42. The lowest BCUT2D eigenvalue weighted by Crippen LogP contribution is -2.37. The molecule has 0 unspecified atom stereocenters. The van der Waals surface area contributed by atoms with Crippen LogP contribution in [0.15, 0.2) is 48.7 Å². The monoisotopic (exact) mass is 562 g/mol. The van der Waals surface area contributed by atoms with Crippen LogP contribution in [-0.4, -0.2) is 65.4 Å². The Labute approximate surface area is 241 Å². The number of amides is 1. The lowest BCUT2D eigenvalue weighted by molar-refractivity contribution is -0.114. The first-order chi connectivity index (χ1) is 19.4. The lowest BCUT2D eigenvalue weighted by Gasteiger charge is -2.29. The van der Waals surface area contributed by atoms with Gasteiger partial charge in [-0.3, -0.25) is 14.7 Å². The van der Waals surface area contributed by atoms with E-state index in [1.807, 2.05) is 42.6 Å². The topological polar surface area (TPSA) is 83.9 Å². The second kappa shape index (κ2) is 12.4. The molecule has 212 valence electrons. The van der Waals surface area contributed by atoms with Gasteiger partial charge in [0.2, 0.25) is 5.91 Å². The molecule has 2 saturated heterocycles. The molecule has 2 aliphatic heterocycles. The largest absolute Gasteiger partial charge is 0.495 e. The zero-order valence-corrected chi connectivity index (χ0v) is 24.5. The van der Waals surface area contributed by atoms with Gasteiger partial charge in [0.15, 0.2) is 5.11 Å². The fourth-order valence-electron chi connectivity index (χ4n) is 5.83. The van der Waals surface area contributed by atoms with Crippen LogP contribution in [0.25, 0.3) is 0 Å². The molecule has 3 aromatic rings. The molecule has 2 aliphatic rings. The van der Waals surface area contributed by atoms with Crippen molar-refractivity contribution < 1.29 is 14.3 Å². The SMILES string of the molecule is COc1ccc(N2C(=S)N[C@H](c3ccccn3)[C@@H]2c2cc(C)n(CCCN3CCOCC3)c2C)cc1NC(C)=O. The Morgan fingerprint density at radius 3 is 2.67 bits per heavy atom. The zero-order chi connectivity index (χ0) is 28.2. The van der Waals surface area contributed by atoms with Gasteiger partial charge in [-0.05, 0) is 74.4 Å². The molecule has 0 saturated carbocycles. The molecular weight excluding hydrogens is 524 g/mol. The number of anilines is 2. The second-order valence-corrected chi connectivity index (χ2v) is 10.7. The highest BCUT2D eigenvalue weighted by atomic mass is 32.1. The number of morpholine rings is 1. The second-order valence-electron chi connectivity index (χ2n) is 10.3. The van der Waals surface area contributed by atoms with Crippen LogP contribution in [0.2, 0.25) is 0 Å². The molecule has 2 aromatic heterocycles. The number of methoxy groups -OCH3 is 1. The molecule has 0 bridgehead atoms. The van der Waals surface area contributed by atoms with Gasteiger partial charge >= 0.3 is 0 Å². The first-order valence-electron chi connectivity index (χ1n) is 13.8. The Bertz CT molecular complexity index is 1350. The normalized spacial score (nSPS) is 19.5. The number of pyridine rings is 1. The summed E-state index contributed by atoms with van der Waals surface area (Å²) in [6.45, 7) is 11.5. The maximum absolute atomic E-state index is 11.9. The van der Waals surface area contributed by atoms with E-state index in [2.05, 4.69) is 44.9 Å². The first-order valence-corrected chi connectivity index (χ1v) is 14.2. The molecule has 2 N–H and O–H groups in total. The molecular formula is C30H38N6O3S. The number of aromatic nitrogens is 2. The summed E-state index contributed by atoms with van der Waals surface area (Å²) in [5, 5.41) is 7.05. The van der Waals surface area contributed by atoms with Crippen LogP contribution in [0.5, 0.6) is 5.75 Å². The van der Waals surface area contributed by atoms with E-state index in [0.717, 1.165) is 57.2 Å². The standard InChI is InChI=1S/C30H38N6O3S/c1-20-18-24(21(2)35(20)13-7-12-34-14-16-39-17-15-34)29-28(25-8-5-6-11-31-25)33-30(40)36(29)23-9-10-27(38-4)26(19-23)32-22(3)37/h5-6,8-11,18-19,28-29H,7,12-17H2,1-4H3,(H,32,37)(H,33,40)/t28-,29+/m1/s1. The number of thiocarbonyl (C=S) groups is 1. The number of hydrogen-bond acceptors (Lipinski definition) is 6. The molecule has 9 nitrogen and oxygen atoms in total. The Kier molecular flexibility index (Phi) is 8.68. The Morgan fingerprint density at radius 2 is 1.98 bits per heavy atom. The van der Waals surface area contributed by atoms with E-state index >= 15 is 0 Å². The number of aryl methyl sites for hydroxylation is 1. The fraction of sp³-hybridized carbons (Fsp3) is 0.433. The van der Waals surface area contributed by atoms with Crippen molar-refractivity contribution in [1.82, 2.24) is 19.8 Å². The molecule has 0 spiro atoms. The van der Waals surface area contributed by atoms with Crippen molar-refractivity contribution in [3.8, 4) is 5.75 Å². The van der Waals surface area contributed by atoms with E-state index in [4.69, 9.17) is 26.7 Å². The average molecular weight is 563 g/mol. The van der Waals surface area contributed by atoms with Gasteiger partial charge in [0.25, 0.3) is 0 Å².